The van der Waals surface area contributed by atoms with Crippen LogP contribution in [0.4, 0.5) is 0 Å². The van der Waals surface area contributed by atoms with Crippen LogP contribution in [0, 0.1) is 13.8 Å². The van der Waals surface area contributed by atoms with Crippen molar-refractivity contribution in [2.24, 2.45) is 0 Å². The van der Waals surface area contributed by atoms with Crippen molar-refractivity contribution in [3.05, 3.63) is 34.9 Å². The molecule has 1 aromatic carbocycles. The predicted octanol–water partition coefficient (Wildman–Crippen LogP) is 4.63. The number of hydrogen-bond acceptors (Lipinski definition) is 2. The normalized spacial score (nSPS) is 21.3. The Morgan fingerprint density at radius 2 is 2.16 bits per heavy atom. The molecular weight excluding hydrogens is 250 g/mol. The van der Waals surface area contributed by atoms with E-state index in [2.05, 4.69) is 56.0 Å². The fraction of sp³-hybridized carbons (Fsp3) is 0.647. The summed E-state index contributed by atoms with van der Waals surface area (Å²) in [6, 6.07) is 7.30. The summed E-state index contributed by atoms with van der Waals surface area (Å²) in [4.78, 5) is 0. The second kappa shape index (κ2) is 7.35. The molecule has 1 aromatic rings. The highest BCUT2D eigenvalue weighted by Crippen LogP contribution is 2.36. The number of rotatable bonds is 5. The van der Waals surface area contributed by atoms with Gasteiger partial charge in [0.15, 0.2) is 0 Å². The fourth-order valence-electron chi connectivity index (χ4n) is 2.88. The lowest BCUT2D eigenvalue weighted by Crippen LogP contribution is -2.33. The molecule has 2 atom stereocenters. The van der Waals surface area contributed by atoms with E-state index in [-0.39, 0.29) is 0 Å². The lowest BCUT2D eigenvalue weighted by atomic mass is 9.93. The van der Waals surface area contributed by atoms with Gasteiger partial charge in [0.25, 0.3) is 0 Å². The Labute approximate surface area is 122 Å². The molecule has 19 heavy (non-hydrogen) atoms. The number of aryl methyl sites for hydroxylation is 1. The van der Waals surface area contributed by atoms with Gasteiger partial charge in [-0.1, -0.05) is 31.5 Å². The summed E-state index contributed by atoms with van der Waals surface area (Å²) in [6.07, 6.45) is 5.36. The first-order valence-electron chi connectivity index (χ1n) is 7.65. The lowest BCUT2D eigenvalue weighted by Gasteiger charge is -2.32. The molecule has 0 aromatic heterocycles. The quantitative estimate of drug-likeness (QED) is 0.842. The van der Waals surface area contributed by atoms with Crippen LogP contribution < -0.4 is 5.32 Å². The van der Waals surface area contributed by atoms with Gasteiger partial charge in [-0.3, -0.25) is 0 Å². The van der Waals surface area contributed by atoms with Gasteiger partial charge in [0.2, 0.25) is 0 Å². The largest absolute Gasteiger partial charge is 0.309 e. The highest BCUT2D eigenvalue weighted by atomic mass is 32.2. The van der Waals surface area contributed by atoms with E-state index in [9.17, 15) is 0 Å². The molecule has 2 rings (SSSR count). The third-order valence-electron chi connectivity index (χ3n) is 4.18. The van der Waals surface area contributed by atoms with Crippen LogP contribution in [0.3, 0.4) is 0 Å². The Balaban J connectivity index is 2.22. The molecule has 1 heterocycles. The Kier molecular flexibility index (Phi) is 5.77. The molecule has 1 aliphatic heterocycles. The van der Waals surface area contributed by atoms with Crippen LogP contribution in [0.15, 0.2) is 18.2 Å². The second-order valence-electron chi connectivity index (χ2n) is 5.63. The van der Waals surface area contributed by atoms with Crippen LogP contribution >= 0.6 is 11.8 Å². The lowest BCUT2D eigenvalue weighted by molar-refractivity contribution is 0.477. The van der Waals surface area contributed by atoms with E-state index < -0.39 is 0 Å². The van der Waals surface area contributed by atoms with Gasteiger partial charge in [-0.25, -0.2) is 0 Å². The first-order chi connectivity index (χ1) is 9.24. The average Bonchev–Trinajstić information content (AvgIpc) is 2.45. The minimum absolute atomic E-state index is 0.533. The minimum atomic E-state index is 0.533. The van der Waals surface area contributed by atoms with Gasteiger partial charge >= 0.3 is 0 Å². The molecule has 106 valence electrons. The van der Waals surface area contributed by atoms with Crippen LogP contribution in [0.5, 0.6) is 0 Å². The van der Waals surface area contributed by atoms with Gasteiger partial charge in [0, 0.05) is 11.3 Å². The van der Waals surface area contributed by atoms with E-state index in [0.717, 1.165) is 11.8 Å². The summed E-state index contributed by atoms with van der Waals surface area (Å²) in [5.74, 6) is 1.33. The van der Waals surface area contributed by atoms with Crippen molar-refractivity contribution >= 4 is 11.8 Å². The summed E-state index contributed by atoms with van der Waals surface area (Å²) in [6.45, 7) is 7.87. The zero-order valence-electron chi connectivity index (χ0n) is 12.5. The molecule has 1 fully saturated rings. The van der Waals surface area contributed by atoms with Gasteiger partial charge in [0.1, 0.15) is 0 Å². The second-order valence-corrected chi connectivity index (χ2v) is 6.97. The molecule has 0 bridgehead atoms. The first kappa shape index (κ1) is 14.9. The summed E-state index contributed by atoms with van der Waals surface area (Å²) < 4.78 is 0. The maximum atomic E-state index is 3.80. The van der Waals surface area contributed by atoms with Gasteiger partial charge < -0.3 is 5.32 Å². The SMILES string of the molecule is CCCNC(c1cccc(C)c1C)C1CCCCS1. The van der Waals surface area contributed by atoms with Crippen LogP contribution in [-0.2, 0) is 0 Å². The third kappa shape index (κ3) is 3.76. The molecule has 0 amide bonds. The zero-order chi connectivity index (χ0) is 13.7. The molecule has 0 spiro atoms. The van der Waals surface area contributed by atoms with Gasteiger partial charge in [0.05, 0.1) is 0 Å². The van der Waals surface area contributed by atoms with E-state index >= 15 is 0 Å². The molecule has 0 saturated carbocycles. The number of thioether (sulfide) groups is 1. The third-order valence-corrected chi connectivity index (χ3v) is 5.64. The van der Waals surface area contributed by atoms with E-state index in [1.165, 1.54) is 48.1 Å². The fourth-order valence-corrected chi connectivity index (χ4v) is 4.32. The number of nitrogens with one attached hydrogen (secondary N) is 1. The molecule has 2 unspecified atom stereocenters. The van der Waals surface area contributed by atoms with Crippen LogP contribution in [-0.4, -0.2) is 17.5 Å². The Morgan fingerprint density at radius 3 is 2.84 bits per heavy atom. The summed E-state index contributed by atoms with van der Waals surface area (Å²) >= 11 is 2.17. The highest BCUT2D eigenvalue weighted by Gasteiger charge is 2.26. The first-order valence-corrected chi connectivity index (χ1v) is 8.70. The molecule has 1 aliphatic rings. The van der Waals surface area contributed by atoms with E-state index in [1.807, 2.05) is 0 Å². The topological polar surface area (TPSA) is 12.0 Å². The maximum Gasteiger partial charge on any atom is 0.0443 e. The van der Waals surface area contributed by atoms with Crippen molar-refractivity contribution in [2.75, 3.05) is 12.3 Å². The van der Waals surface area contributed by atoms with Crippen molar-refractivity contribution in [3.8, 4) is 0 Å². The maximum absolute atomic E-state index is 3.80. The molecule has 1 nitrogen and oxygen atoms in total. The van der Waals surface area contributed by atoms with Crippen molar-refractivity contribution in [3.63, 3.8) is 0 Å². The van der Waals surface area contributed by atoms with Gasteiger partial charge in [-0.15, -0.1) is 0 Å². The monoisotopic (exact) mass is 277 g/mol. The van der Waals surface area contributed by atoms with Crippen molar-refractivity contribution in [1.82, 2.24) is 5.32 Å². The van der Waals surface area contributed by atoms with Crippen LogP contribution in [0.25, 0.3) is 0 Å². The predicted molar refractivity (Wildman–Crippen MR) is 87.0 cm³/mol. The summed E-state index contributed by atoms with van der Waals surface area (Å²) in [7, 11) is 0. The standard InChI is InChI=1S/C17H27NS/c1-4-11-18-17(16-10-5-6-12-19-16)15-9-7-8-13(2)14(15)3/h7-9,16-18H,4-6,10-12H2,1-3H3. The van der Waals surface area contributed by atoms with Gasteiger partial charge in [-0.05, 0) is 62.1 Å². The Hall–Kier alpha value is -0.470. The minimum Gasteiger partial charge on any atom is -0.309 e. The van der Waals surface area contributed by atoms with E-state index in [0.29, 0.717) is 6.04 Å². The van der Waals surface area contributed by atoms with Gasteiger partial charge in [-0.2, -0.15) is 11.8 Å². The smallest absolute Gasteiger partial charge is 0.0443 e. The highest BCUT2D eigenvalue weighted by molar-refractivity contribution is 8.00. The van der Waals surface area contributed by atoms with Crippen LogP contribution in [0.2, 0.25) is 0 Å². The summed E-state index contributed by atoms with van der Waals surface area (Å²) in [5.41, 5.74) is 4.41. The van der Waals surface area contributed by atoms with Crippen molar-refractivity contribution < 1.29 is 0 Å². The molecule has 0 radical (unpaired) electrons. The number of hydrogen-bond donors (Lipinski definition) is 1. The molecule has 0 aliphatic carbocycles. The summed E-state index contributed by atoms with van der Waals surface area (Å²) in [5, 5.41) is 4.55. The zero-order valence-corrected chi connectivity index (χ0v) is 13.4. The number of benzene rings is 1. The molecular formula is C17H27NS. The average molecular weight is 277 g/mol. The molecule has 2 heteroatoms. The molecule has 1 N–H and O–H groups in total. The van der Waals surface area contributed by atoms with Crippen molar-refractivity contribution in [1.29, 1.82) is 0 Å². The Bertz CT molecular complexity index is 396. The Morgan fingerprint density at radius 1 is 1.32 bits per heavy atom. The molecule has 1 saturated heterocycles. The van der Waals surface area contributed by atoms with Crippen molar-refractivity contribution in [2.45, 2.75) is 57.7 Å². The van der Waals surface area contributed by atoms with E-state index in [4.69, 9.17) is 0 Å². The van der Waals surface area contributed by atoms with E-state index in [1.54, 1.807) is 0 Å². The van der Waals surface area contributed by atoms with Crippen LogP contribution in [0.1, 0.15) is 55.3 Å².